The zero-order valence-corrected chi connectivity index (χ0v) is 11.4. The van der Waals surface area contributed by atoms with E-state index >= 15 is 0 Å². The summed E-state index contributed by atoms with van der Waals surface area (Å²) < 4.78 is 12.4. The maximum atomic E-state index is 5.85. The zero-order chi connectivity index (χ0) is 12.1. The Labute approximate surface area is 110 Å². The van der Waals surface area contributed by atoms with Crippen LogP contribution in [0.4, 0.5) is 0 Å². The minimum absolute atomic E-state index is 0.0447. The first kappa shape index (κ1) is 13.0. The highest BCUT2D eigenvalue weighted by molar-refractivity contribution is 9.10. The highest BCUT2D eigenvalue weighted by Crippen LogP contribution is 2.22. The summed E-state index contributed by atoms with van der Waals surface area (Å²) in [5.41, 5.74) is 6.87. The summed E-state index contributed by atoms with van der Waals surface area (Å²) >= 11 is 3.46. The van der Waals surface area contributed by atoms with Gasteiger partial charge in [-0.25, -0.2) is 0 Å². The monoisotopic (exact) mass is 299 g/mol. The van der Waals surface area contributed by atoms with Gasteiger partial charge in [0.15, 0.2) is 0 Å². The third-order valence-electron chi connectivity index (χ3n) is 2.94. The van der Waals surface area contributed by atoms with Crippen molar-refractivity contribution in [3.05, 3.63) is 34.3 Å². The van der Waals surface area contributed by atoms with Crippen molar-refractivity contribution in [2.24, 2.45) is 5.73 Å². The maximum Gasteiger partial charge on any atom is 0.0948 e. The maximum absolute atomic E-state index is 5.85. The summed E-state index contributed by atoms with van der Waals surface area (Å²) in [6, 6.07) is 8.08. The lowest BCUT2D eigenvalue weighted by Crippen LogP contribution is -2.21. The molecule has 1 saturated heterocycles. The topological polar surface area (TPSA) is 44.5 Å². The molecule has 1 aliphatic heterocycles. The average molecular weight is 300 g/mol. The number of hydrogen-bond acceptors (Lipinski definition) is 3. The van der Waals surface area contributed by atoms with Crippen molar-refractivity contribution in [3.63, 3.8) is 0 Å². The minimum atomic E-state index is -0.0447. The molecule has 1 heterocycles. The third kappa shape index (κ3) is 3.78. The van der Waals surface area contributed by atoms with E-state index in [0.717, 1.165) is 29.5 Å². The summed E-state index contributed by atoms with van der Waals surface area (Å²) in [5, 5.41) is 0. The standard InChI is InChI=1S/C13H18BrNO2/c14-11-4-1-3-10(7-11)13(8-15)17-9-12-5-2-6-16-12/h1,3-4,7,12-13H,2,5-6,8-9,15H2. The summed E-state index contributed by atoms with van der Waals surface area (Å²) in [6.07, 6.45) is 2.43. The van der Waals surface area contributed by atoms with E-state index in [2.05, 4.69) is 15.9 Å². The second-order valence-electron chi connectivity index (χ2n) is 4.25. The lowest BCUT2D eigenvalue weighted by Gasteiger charge is -2.19. The molecule has 2 N–H and O–H groups in total. The molecule has 0 amide bonds. The molecular formula is C13H18BrNO2. The highest BCUT2D eigenvalue weighted by atomic mass is 79.9. The van der Waals surface area contributed by atoms with E-state index in [1.165, 1.54) is 0 Å². The van der Waals surface area contributed by atoms with E-state index in [4.69, 9.17) is 15.2 Å². The van der Waals surface area contributed by atoms with Crippen LogP contribution in [0, 0.1) is 0 Å². The number of benzene rings is 1. The quantitative estimate of drug-likeness (QED) is 0.909. The van der Waals surface area contributed by atoms with Crippen molar-refractivity contribution in [1.29, 1.82) is 0 Å². The number of halogens is 1. The first-order valence-corrected chi connectivity index (χ1v) is 6.77. The fourth-order valence-corrected chi connectivity index (χ4v) is 2.42. The molecule has 94 valence electrons. The smallest absolute Gasteiger partial charge is 0.0948 e. The highest BCUT2D eigenvalue weighted by Gasteiger charge is 2.18. The van der Waals surface area contributed by atoms with Gasteiger partial charge in [-0.15, -0.1) is 0 Å². The average Bonchev–Trinajstić information content (AvgIpc) is 2.83. The Morgan fingerprint density at radius 3 is 3.06 bits per heavy atom. The van der Waals surface area contributed by atoms with Crippen LogP contribution >= 0.6 is 15.9 Å². The van der Waals surface area contributed by atoms with E-state index in [-0.39, 0.29) is 12.2 Å². The predicted octanol–water partition coefficient (Wildman–Crippen LogP) is 2.64. The Morgan fingerprint density at radius 1 is 1.53 bits per heavy atom. The van der Waals surface area contributed by atoms with Crippen LogP contribution in [-0.4, -0.2) is 25.9 Å². The molecule has 0 saturated carbocycles. The number of ether oxygens (including phenoxy) is 2. The SMILES string of the molecule is NCC(OCC1CCCO1)c1cccc(Br)c1. The van der Waals surface area contributed by atoms with Crippen molar-refractivity contribution in [2.45, 2.75) is 25.0 Å². The van der Waals surface area contributed by atoms with Gasteiger partial charge < -0.3 is 15.2 Å². The second-order valence-corrected chi connectivity index (χ2v) is 5.16. The lowest BCUT2D eigenvalue weighted by molar-refractivity contribution is -0.0182. The summed E-state index contributed by atoms with van der Waals surface area (Å²) in [7, 11) is 0. The first-order chi connectivity index (χ1) is 8.29. The van der Waals surface area contributed by atoms with Crippen molar-refractivity contribution >= 4 is 15.9 Å². The molecule has 17 heavy (non-hydrogen) atoms. The van der Waals surface area contributed by atoms with Crippen molar-refractivity contribution in [1.82, 2.24) is 0 Å². The Bertz CT molecular complexity index is 353. The Hall–Kier alpha value is -0.420. The molecule has 2 unspecified atom stereocenters. The fraction of sp³-hybridized carbons (Fsp3) is 0.538. The molecule has 0 aromatic heterocycles. The fourth-order valence-electron chi connectivity index (χ4n) is 2.01. The van der Waals surface area contributed by atoms with E-state index in [0.29, 0.717) is 13.2 Å². The van der Waals surface area contributed by atoms with Crippen LogP contribution < -0.4 is 5.73 Å². The van der Waals surface area contributed by atoms with Crippen molar-refractivity contribution in [3.8, 4) is 0 Å². The largest absolute Gasteiger partial charge is 0.376 e. The molecule has 1 aliphatic rings. The molecular weight excluding hydrogens is 282 g/mol. The Kier molecular flexibility index (Phi) is 4.98. The second kappa shape index (κ2) is 6.50. The van der Waals surface area contributed by atoms with Gasteiger partial charge in [0.2, 0.25) is 0 Å². The molecule has 0 aliphatic carbocycles. The van der Waals surface area contributed by atoms with Gasteiger partial charge in [-0.2, -0.15) is 0 Å². The van der Waals surface area contributed by atoms with E-state index in [1.807, 2.05) is 24.3 Å². The molecule has 0 radical (unpaired) electrons. The number of rotatable bonds is 5. The van der Waals surface area contributed by atoms with Gasteiger partial charge in [0, 0.05) is 17.6 Å². The van der Waals surface area contributed by atoms with Crippen LogP contribution in [0.3, 0.4) is 0 Å². The first-order valence-electron chi connectivity index (χ1n) is 5.98. The predicted molar refractivity (Wildman–Crippen MR) is 70.9 cm³/mol. The summed E-state index contributed by atoms with van der Waals surface area (Å²) in [6.45, 7) is 1.98. The van der Waals surface area contributed by atoms with Gasteiger partial charge >= 0.3 is 0 Å². The van der Waals surface area contributed by atoms with Crippen LogP contribution in [0.1, 0.15) is 24.5 Å². The van der Waals surface area contributed by atoms with Crippen LogP contribution in [-0.2, 0) is 9.47 Å². The van der Waals surface area contributed by atoms with E-state index < -0.39 is 0 Å². The molecule has 3 nitrogen and oxygen atoms in total. The Balaban J connectivity index is 1.91. The molecule has 0 spiro atoms. The van der Waals surface area contributed by atoms with Gasteiger partial charge in [0.1, 0.15) is 0 Å². The Morgan fingerprint density at radius 2 is 2.41 bits per heavy atom. The third-order valence-corrected chi connectivity index (χ3v) is 3.44. The van der Waals surface area contributed by atoms with Crippen LogP contribution in [0.5, 0.6) is 0 Å². The van der Waals surface area contributed by atoms with Crippen LogP contribution in [0.15, 0.2) is 28.7 Å². The van der Waals surface area contributed by atoms with E-state index in [9.17, 15) is 0 Å². The number of hydrogen-bond donors (Lipinski definition) is 1. The molecule has 1 fully saturated rings. The molecule has 1 aromatic rings. The van der Waals surface area contributed by atoms with E-state index in [1.54, 1.807) is 0 Å². The summed E-state index contributed by atoms with van der Waals surface area (Å²) in [5.74, 6) is 0. The van der Waals surface area contributed by atoms with Crippen molar-refractivity contribution < 1.29 is 9.47 Å². The summed E-state index contributed by atoms with van der Waals surface area (Å²) in [4.78, 5) is 0. The van der Waals surface area contributed by atoms with Crippen LogP contribution in [0.2, 0.25) is 0 Å². The van der Waals surface area contributed by atoms with Gasteiger partial charge in [-0.1, -0.05) is 28.1 Å². The molecule has 2 rings (SSSR count). The van der Waals surface area contributed by atoms with Crippen LogP contribution in [0.25, 0.3) is 0 Å². The molecule has 4 heteroatoms. The number of nitrogens with two attached hydrogens (primary N) is 1. The van der Waals surface area contributed by atoms with Gasteiger partial charge in [-0.3, -0.25) is 0 Å². The van der Waals surface area contributed by atoms with Gasteiger partial charge in [0.05, 0.1) is 18.8 Å². The van der Waals surface area contributed by atoms with Gasteiger partial charge in [-0.05, 0) is 30.5 Å². The normalized spacial score (nSPS) is 21.6. The lowest BCUT2D eigenvalue weighted by atomic mass is 10.1. The minimum Gasteiger partial charge on any atom is -0.376 e. The van der Waals surface area contributed by atoms with Crippen molar-refractivity contribution in [2.75, 3.05) is 19.8 Å². The molecule has 2 atom stereocenters. The zero-order valence-electron chi connectivity index (χ0n) is 9.77. The van der Waals surface area contributed by atoms with Gasteiger partial charge in [0.25, 0.3) is 0 Å². The molecule has 0 bridgehead atoms. The molecule has 1 aromatic carbocycles.